The normalized spacial score (nSPS) is 17.3. The molecular formula is C30H38Cl2HfSi2-2. The molecule has 5 heteroatoms. The van der Waals surface area contributed by atoms with Gasteiger partial charge in [-0.15, -0.1) is 68.3 Å². The molecule has 0 radical (unpaired) electrons. The summed E-state index contributed by atoms with van der Waals surface area (Å²) in [5.41, 5.74) is 0. The van der Waals surface area contributed by atoms with Gasteiger partial charge in [0.25, 0.3) is 0 Å². The maximum atomic E-state index is 5.39. The molecule has 2 fully saturated rings. The van der Waals surface area contributed by atoms with Gasteiger partial charge in [-0.3, -0.25) is 0 Å². The number of hydrogen-bond donors (Lipinski definition) is 0. The van der Waals surface area contributed by atoms with Crippen molar-refractivity contribution in [2.45, 2.75) is 69.9 Å². The summed E-state index contributed by atoms with van der Waals surface area (Å²) in [7, 11) is 8.76. The van der Waals surface area contributed by atoms with Crippen molar-refractivity contribution in [3.05, 3.63) is 72.8 Å². The first kappa shape index (κ1) is 27.4. The van der Waals surface area contributed by atoms with E-state index in [4.69, 9.17) is 17.2 Å². The molecule has 4 aromatic rings. The van der Waals surface area contributed by atoms with E-state index in [-0.39, 0.29) is 0 Å². The van der Waals surface area contributed by atoms with Crippen LogP contribution >= 0.6 is 17.2 Å². The fourth-order valence-electron chi connectivity index (χ4n) is 6.06. The molecule has 35 heavy (non-hydrogen) atoms. The fraction of sp³-hybridized carbons (Fsp3) is 0.367. The van der Waals surface area contributed by atoms with Gasteiger partial charge in [-0.25, -0.2) is 0 Å². The Morgan fingerprint density at radius 3 is 1.37 bits per heavy atom. The average molecular weight is 704 g/mol. The first-order chi connectivity index (χ1) is 17.0. The molecule has 6 rings (SSSR count). The first-order valence-electron chi connectivity index (χ1n) is 13.3. The standard InChI is InChI=1S/2C14H17Si.C2H4.2ClH.Hf/c2*1-2-15(10-5-11-15)14-9-8-12-6-3-4-7-13(12)14;1-2;;;/h2*3-4,6-9H,2,5,10-11H2,1H3;1H,2H3;2*1H;/q2*-1;;;;+2/p-2. The van der Waals surface area contributed by atoms with Crippen LogP contribution in [-0.4, -0.2) is 19.9 Å². The summed E-state index contributed by atoms with van der Waals surface area (Å²) < 4.78 is 1.91. The monoisotopic (exact) mass is 704 g/mol. The molecule has 186 valence electrons. The topological polar surface area (TPSA) is 0 Å². The zero-order chi connectivity index (χ0) is 24.9. The molecule has 2 aliphatic heterocycles. The van der Waals surface area contributed by atoms with Crippen LogP contribution in [-0.2, 0) is 18.6 Å². The van der Waals surface area contributed by atoms with E-state index in [1.54, 1.807) is 21.1 Å². The summed E-state index contributed by atoms with van der Waals surface area (Å²) in [4.78, 5) is 0. The third-order valence-electron chi connectivity index (χ3n) is 8.70. The third kappa shape index (κ3) is 5.80. The average Bonchev–Trinajstić information content (AvgIpc) is 3.45. The SMILES string of the molecule is CC[Si]1([c-]2ccc3ccccc32)CCC1.CC[Si]1([c-]2ccc3ccccc32)CCC1.C[CH]=[Hf]([Cl])[Cl]. The van der Waals surface area contributed by atoms with Crippen molar-refractivity contribution in [2.75, 3.05) is 0 Å². The van der Waals surface area contributed by atoms with E-state index in [1.807, 2.05) is 10.7 Å². The van der Waals surface area contributed by atoms with E-state index in [2.05, 4.69) is 86.6 Å². The molecule has 0 spiro atoms. The molecule has 0 N–H and O–H groups in total. The summed E-state index contributed by atoms with van der Waals surface area (Å²) in [6.45, 7) is 6.70. The number of fused-ring (bicyclic) bond motifs is 2. The molecule has 2 saturated heterocycles. The molecule has 0 amide bonds. The zero-order valence-corrected chi connectivity index (χ0v) is 28.5. The first-order valence-corrected chi connectivity index (χ1v) is 29.5. The van der Waals surface area contributed by atoms with Crippen LogP contribution in [0.15, 0.2) is 72.8 Å². The van der Waals surface area contributed by atoms with Gasteiger partial charge in [-0.2, -0.15) is 24.3 Å². The zero-order valence-electron chi connectivity index (χ0n) is 21.4. The van der Waals surface area contributed by atoms with Gasteiger partial charge < -0.3 is 0 Å². The second kappa shape index (κ2) is 12.3. The van der Waals surface area contributed by atoms with Gasteiger partial charge >= 0.3 is 46.4 Å². The van der Waals surface area contributed by atoms with Gasteiger partial charge in [0.05, 0.1) is 0 Å². The quantitative estimate of drug-likeness (QED) is 0.147. The minimum atomic E-state index is -1.88. The Morgan fingerprint density at radius 2 is 1.09 bits per heavy atom. The van der Waals surface area contributed by atoms with Crippen molar-refractivity contribution < 1.29 is 18.6 Å². The Balaban J connectivity index is 0.000000139. The van der Waals surface area contributed by atoms with Crippen molar-refractivity contribution in [3.63, 3.8) is 0 Å². The second-order valence-electron chi connectivity index (χ2n) is 10.2. The van der Waals surface area contributed by atoms with Gasteiger partial charge in [0.2, 0.25) is 0 Å². The number of benzene rings is 2. The van der Waals surface area contributed by atoms with E-state index >= 15 is 0 Å². The van der Waals surface area contributed by atoms with Crippen molar-refractivity contribution in [2.24, 2.45) is 0 Å². The van der Waals surface area contributed by atoms with Crippen LogP contribution < -0.4 is 10.4 Å². The molecule has 0 bridgehead atoms. The van der Waals surface area contributed by atoms with E-state index in [9.17, 15) is 0 Å². The summed E-state index contributed by atoms with van der Waals surface area (Å²) in [5.74, 6) is 0. The van der Waals surface area contributed by atoms with Gasteiger partial charge in [-0.1, -0.05) is 75.1 Å². The van der Waals surface area contributed by atoms with Crippen LogP contribution in [0.3, 0.4) is 0 Å². The maximum absolute atomic E-state index is 5.39. The Kier molecular flexibility index (Phi) is 9.65. The molecule has 0 atom stereocenters. The van der Waals surface area contributed by atoms with E-state index in [0.717, 1.165) is 0 Å². The Bertz CT molecular complexity index is 1170. The number of halogens is 2. The predicted molar refractivity (Wildman–Crippen MR) is 163 cm³/mol. The van der Waals surface area contributed by atoms with Gasteiger partial charge in [0.15, 0.2) is 0 Å². The molecule has 0 aromatic heterocycles. The minimum absolute atomic E-state index is 1.01. The van der Waals surface area contributed by atoms with Crippen molar-refractivity contribution in [1.29, 1.82) is 0 Å². The van der Waals surface area contributed by atoms with E-state index < -0.39 is 34.7 Å². The molecule has 0 unspecified atom stereocenters. The Labute approximate surface area is 228 Å². The van der Waals surface area contributed by atoms with Gasteiger partial charge in [-0.05, 0) is 0 Å². The summed E-state index contributed by atoms with van der Waals surface area (Å²) >= 11 is -1.88. The number of rotatable bonds is 4. The Hall–Kier alpha value is -0.586. The molecule has 2 heterocycles. The molecule has 0 aliphatic carbocycles. The molecular weight excluding hydrogens is 666 g/mol. The van der Waals surface area contributed by atoms with Crippen molar-refractivity contribution in [1.82, 2.24) is 0 Å². The second-order valence-corrected chi connectivity index (χ2v) is 32.2. The summed E-state index contributed by atoms with van der Waals surface area (Å²) in [6, 6.07) is 36.2. The molecule has 0 nitrogen and oxygen atoms in total. The Morgan fingerprint density at radius 1 is 0.714 bits per heavy atom. The van der Waals surface area contributed by atoms with Gasteiger partial charge in [0.1, 0.15) is 0 Å². The fourth-order valence-corrected chi connectivity index (χ4v) is 14.2. The van der Waals surface area contributed by atoms with Crippen LogP contribution in [0.5, 0.6) is 0 Å². The van der Waals surface area contributed by atoms with Crippen LogP contribution in [0, 0.1) is 0 Å². The molecule has 4 aromatic carbocycles. The van der Waals surface area contributed by atoms with Crippen molar-refractivity contribution in [3.8, 4) is 0 Å². The molecule has 0 saturated carbocycles. The van der Waals surface area contributed by atoms with Gasteiger partial charge in [0, 0.05) is 16.1 Å². The summed E-state index contributed by atoms with van der Waals surface area (Å²) in [6.07, 6.45) is 2.94. The van der Waals surface area contributed by atoms with E-state index in [1.165, 1.54) is 59.9 Å². The van der Waals surface area contributed by atoms with E-state index in [0.29, 0.717) is 0 Å². The third-order valence-corrected chi connectivity index (χ3v) is 24.9. The summed E-state index contributed by atoms with van der Waals surface area (Å²) in [5, 5.41) is 9.47. The number of hydrogen-bond acceptors (Lipinski definition) is 0. The van der Waals surface area contributed by atoms with Crippen molar-refractivity contribution >= 4 is 69.0 Å². The van der Waals surface area contributed by atoms with Crippen LogP contribution in [0.25, 0.3) is 21.5 Å². The predicted octanol–water partition coefficient (Wildman–Crippen LogP) is 9.01. The van der Waals surface area contributed by atoms with Crippen LogP contribution in [0.4, 0.5) is 0 Å². The van der Waals surface area contributed by atoms with Crippen LogP contribution in [0.2, 0.25) is 36.3 Å². The molecule has 2 aliphatic rings. The van der Waals surface area contributed by atoms with Crippen LogP contribution in [0.1, 0.15) is 33.6 Å².